The maximum absolute atomic E-state index is 12.1. The van der Waals surface area contributed by atoms with E-state index in [0.717, 1.165) is 0 Å². The first-order valence-electron chi connectivity index (χ1n) is 9.86. The highest BCUT2D eigenvalue weighted by Crippen LogP contribution is 2.44. The summed E-state index contributed by atoms with van der Waals surface area (Å²) in [6, 6.07) is 20.0. The van der Waals surface area contributed by atoms with E-state index in [1.807, 2.05) is 24.3 Å². The fraction of sp³-hybridized carbons (Fsp3) is 0.160. The van der Waals surface area contributed by atoms with Crippen molar-refractivity contribution in [3.05, 3.63) is 95.3 Å². The number of carbonyl (C=O) groups is 2. The smallest absolute Gasteiger partial charge is 0.407 e. The van der Waals surface area contributed by atoms with E-state index in [1.165, 1.54) is 29.2 Å². The fourth-order valence-corrected chi connectivity index (χ4v) is 3.68. The summed E-state index contributed by atoms with van der Waals surface area (Å²) in [4.78, 5) is 27.6. The van der Waals surface area contributed by atoms with Gasteiger partial charge in [0.15, 0.2) is 5.78 Å². The lowest BCUT2D eigenvalue weighted by Gasteiger charge is -2.14. The van der Waals surface area contributed by atoms with Crippen LogP contribution in [0.1, 0.15) is 40.0 Å². The summed E-state index contributed by atoms with van der Waals surface area (Å²) in [6.45, 7) is 2.12. The van der Waals surface area contributed by atoms with E-state index in [-0.39, 0.29) is 18.3 Å². The Hall–Kier alpha value is -3.73. The number of hydrogen-bond acceptors (Lipinski definition) is 4. The van der Waals surface area contributed by atoms with E-state index in [1.54, 1.807) is 30.5 Å². The van der Waals surface area contributed by atoms with Crippen LogP contribution in [-0.2, 0) is 4.74 Å². The summed E-state index contributed by atoms with van der Waals surface area (Å²) >= 11 is 0. The summed E-state index contributed by atoms with van der Waals surface area (Å²) < 4.78 is 5.50. The maximum atomic E-state index is 12.1. The van der Waals surface area contributed by atoms with Crippen molar-refractivity contribution in [3.8, 4) is 11.1 Å². The minimum absolute atomic E-state index is 0.0186. The molecule has 1 N–H and O–H groups in total. The highest BCUT2D eigenvalue weighted by atomic mass is 16.5. The second kappa shape index (κ2) is 8.74. The summed E-state index contributed by atoms with van der Waals surface area (Å²) in [7, 11) is 0. The van der Waals surface area contributed by atoms with E-state index in [2.05, 4.69) is 34.6 Å². The SMILES string of the molecule is CC(=O)c1ccc(C=CCNC(=O)OCC2c3ccccc3-c3ccccc32)nc1. The molecule has 0 radical (unpaired) electrons. The number of ketones is 1. The molecule has 0 saturated carbocycles. The van der Waals surface area contributed by atoms with Crippen molar-refractivity contribution in [2.45, 2.75) is 12.8 Å². The molecule has 0 fully saturated rings. The van der Waals surface area contributed by atoms with E-state index < -0.39 is 6.09 Å². The van der Waals surface area contributed by atoms with Crippen LogP contribution in [0.4, 0.5) is 4.79 Å². The number of rotatable bonds is 6. The highest BCUT2D eigenvalue weighted by Gasteiger charge is 2.28. The van der Waals surface area contributed by atoms with Gasteiger partial charge in [0, 0.05) is 24.2 Å². The molecule has 3 aromatic rings. The van der Waals surface area contributed by atoms with Crippen LogP contribution < -0.4 is 5.32 Å². The van der Waals surface area contributed by atoms with Gasteiger partial charge in [-0.25, -0.2) is 4.79 Å². The van der Waals surface area contributed by atoms with Gasteiger partial charge in [-0.1, -0.05) is 54.6 Å². The predicted octanol–water partition coefficient (Wildman–Crippen LogP) is 4.84. The number of aromatic nitrogens is 1. The van der Waals surface area contributed by atoms with Gasteiger partial charge in [-0.2, -0.15) is 0 Å². The molecule has 1 aromatic heterocycles. The van der Waals surface area contributed by atoms with Crippen molar-refractivity contribution in [1.29, 1.82) is 0 Å². The maximum Gasteiger partial charge on any atom is 0.407 e. The van der Waals surface area contributed by atoms with Crippen molar-refractivity contribution in [1.82, 2.24) is 10.3 Å². The topological polar surface area (TPSA) is 68.3 Å². The van der Waals surface area contributed by atoms with Gasteiger partial charge in [0.2, 0.25) is 0 Å². The lowest BCUT2D eigenvalue weighted by molar-refractivity contribution is 0.101. The van der Waals surface area contributed by atoms with Crippen molar-refractivity contribution < 1.29 is 14.3 Å². The summed E-state index contributed by atoms with van der Waals surface area (Å²) in [5, 5.41) is 2.72. The number of hydrogen-bond donors (Lipinski definition) is 1. The van der Waals surface area contributed by atoms with Crippen LogP contribution in [0, 0.1) is 0 Å². The number of ether oxygens (including phenoxy) is 1. The molecule has 0 unspecified atom stereocenters. The molecular weight excluding hydrogens is 376 g/mol. The van der Waals surface area contributed by atoms with Crippen LogP contribution >= 0.6 is 0 Å². The molecule has 2 aromatic carbocycles. The molecule has 4 rings (SSSR count). The van der Waals surface area contributed by atoms with E-state index in [4.69, 9.17) is 4.74 Å². The zero-order valence-corrected chi connectivity index (χ0v) is 16.7. The predicted molar refractivity (Wildman–Crippen MR) is 116 cm³/mol. The van der Waals surface area contributed by atoms with Crippen LogP contribution in [-0.4, -0.2) is 30.0 Å². The molecule has 0 bridgehead atoms. The lowest BCUT2D eigenvalue weighted by atomic mass is 9.98. The molecule has 1 amide bonds. The number of Topliss-reactive ketones (excluding diaryl/α,β-unsaturated/α-hetero) is 1. The molecule has 1 aliphatic carbocycles. The lowest BCUT2D eigenvalue weighted by Crippen LogP contribution is -2.26. The second-order valence-electron chi connectivity index (χ2n) is 7.14. The third kappa shape index (κ3) is 4.15. The molecule has 1 aliphatic rings. The van der Waals surface area contributed by atoms with Gasteiger partial charge in [0.25, 0.3) is 0 Å². The number of alkyl carbamates (subject to hydrolysis) is 1. The highest BCUT2D eigenvalue weighted by molar-refractivity contribution is 5.93. The number of pyridine rings is 1. The third-order valence-electron chi connectivity index (χ3n) is 5.19. The first-order chi connectivity index (χ1) is 14.6. The monoisotopic (exact) mass is 398 g/mol. The van der Waals surface area contributed by atoms with Gasteiger partial charge < -0.3 is 10.1 Å². The third-order valence-corrected chi connectivity index (χ3v) is 5.19. The van der Waals surface area contributed by atoms with E-state index >= 15 is 0 Å². The molecule has 5 nitrogen and oxygen atoms in total. The van der Waals surface area contributed by atoms with Gasteiger partial charge in [-0.05, 0) is 47.4 Å². The van der Waals surface area contributed by atoms with Crippen LogP contribution in [0.15, 0.2) is 72.9 Å². The number of fused-ring (bicyclic) bond motifs is 3. The Kier molecular flexibility index (Phi) is 5.70. The first-order valence-corrected chi connectivity index (χ1v) is 9.86. The molecule has 0 spiro atoms. The summed E-state index contributed by atoms with van der Waals surface area (Å²) in [5.74, 6) is 0.0256. The molecule has 0 aliphatic heterocycles. The molecule has 30 heavy (non-hydrogen) atoms. The Bertz CT molecular complexity index is 1060. The molecule has 5 heteroatoms. The van der Waals surface area contributed by atoms with Crippen LogP contribution in [0.5, 0.6) is 0 Å². The van der Waals surface area contributed by atoms with Gasteiger partial charge in [-0.15, -0.1) is 0 Å². The molecule has 150 valence electrons. The van der Waals surface area contributed by atoms with Gasteiger partial charge in [0.05, 0.1) is 5.69 Å². The van der Waals surface area contributed by atoms with Gasteiger partial charge in [0.1, 0.15) is 6.61 Å². The quantitative estimate of drug-likeness (QED) is 0.604. The summed E-state index contributed by atoms with van der Waals surface area (Å²) in [6.07, 6.45) is 4.66. The van der Waals surface area contributed by atoms with E-state index in [0.29, 0.717) is 17.8 Å². The Labute approximate surface area is 175 Å². The number of nitrogens with zero attached hydrogens (tertiary/aromatic N) is 1. The molecule has 1 heterocycles. The van der Waals surface area contributed by atoms with Crippen LogP contribution in [0.25, 0.3) is 17.2 Å². The van der Waals surface area contributed by atoms with Crippen molar-refractivity contribution >= 4 is 18.0 Å². The Morgan fingerprint density at radius 3 is 2.27 bits per heavy atom. The minimum atomic E-state index is -0.457. The van der Waals surface area contributed by atoms with Crippen LogP contribution in [0.2, 0.25) is 0 Å². The Morgan fingerprint density at radius 2 is 1.67 bits per heavy atom. The Balaban J connectivity index is 1.31. The van der Waals surface area contributed by atoms with Crippen LogP contribution in [0.3, 0.4) is 0 Å². The standard InChI is InChI=1S/C25H22N2O3/c1-17(28)18-12-13-19(27-15-18)7-6-14-26-25(29)30-16-24-22-10-4-2-8-20(22)21-9-3-5-11-23(21)24/h2-13,15,24H,14,16H2,1H3,(H,26,29). The van der Waals surface area contributed by atoms with Gasteiger partial charge in [-0.3, -0.25) is 9.78 Å². The number of amides is 1. The largest absolute Gasteiger partial charge is 0.449 e. The fourth-order valence-electron chi connectivity index (χ4n) is 3.68. The molecule has 0 atom stereocenters. The zero-order chi connectivity index (χ0) is 20.9. The average molecular weight is 398 g/mol. The first kappa shape index (κ1) is 19.6. The number of benzene rings is 2. The Morgan fingerprint density at radius 1 is 1.00 bits per heavy atom. The van der Waals surface area contributed by atoms with Crippen molar-refractivity contribution in [2.75, 3.05) is 13.2 Å². The average Bonchev–Trinajstić information content (AvgIpc) is 3.09. The van der Waals surface area contributed by atoms with Crippen molar-refractivity contribution in [3.63, 3.8) is 0 Å². The molecular formula is C25H22N2O3. The van der Waals surface area contributed by atoms with Crippen molar-refractivity contribution in [2.24, 2.45) is 0 Å². The number of nitrogens with one attached hydrogen (secondary N) is 1. The number of carbonyl (C=O) groups excluding carboxylic acids is 2. The molecule has 0 saturated heterocycles. The normalized spacial score (nSPS) is 12.4. The second-order valence-corrected chi connectivity index (χ2v) is 7.14. The van der Waals surface area contributed by atoms with Gasteiger partial charge >= 0.3 is 6.09 Å². The minimum Gasteiger partial charge on any atom is -0.449 e. The zero-order valence-electron chi connectivity index (χ0n) is 16.7. The van der Waals surface area contributed by atoms with E-state index in [9.17, 15) is 9.59 Å². The summed E-state index contributed by atoms with van der Waals surface area (Å²) in [5.41, 5.74) is 6.07.